The molecule has 3 rings (SSSR count). The Kier molecular flexibility index (Phi) is 2.40. The number of nitrogens with one attached hydrogen (secondary N) is 2. The molecule has 0 radical (unpaired) electrons. The number of fused-ring (bicyclic) bond motifs is 1. The van der Waals surface area contributed by atoms with Crippen LogP contribution in [0.15, 0.2) is 18.2 Å². The molecule has 2 nitrogen and oxygen atoms in total. The first kappa shape index (κ1) is 10.2. The normalized spacial score (nSPS) is 20.3. The zero-order valence-corrected chi connectivity index (χ0v) is 9.97. The van der Waals surface area contributed by atoms with Crippen molar-refractivity contribution in [2.24, 2.45) is 5.41 Å². The molecule has 0 spiro atoms. The van der Waals surface area contributed by atoms with Gasteiger partial charge in [0.25, 0.3) is 0 Å². The van der Waals surface area contributed by atoms with Gasteiger partial charge in [-0.05, 0) is 35.8 Å². The number of hydrogen-bond donors (Lipinski definition) is 2. The van der Waals surface area contributed by atoms with Gasteiger partial charge in [0.15, 0.2) is 0 Å². The van der Waals surface area contributed by atoms with Crippen LogP contribution in [0.4, 0.5) is 5.69 Å². The molecule has 0 amide bonds. The average Bonchev–Trinajstić information content (AvgIpc) is 2.82. The lowest BCUT2D eigenvalue weighted by Gasteiger charge is -2.12. The highest BCUT2D eigenvalue weighted by Gasteiger charge is 2.36. The first-order valence-corrected chi connectivity index (χ1v) is 6.32. The third kappa shape index (κ3) is 1.94. The highest BCUT2D eigenvalue weighted by molar-refractivity contribution is 5.61. The van der Waals surface area contributed by atoms with Crippen LogP contribution in [-0.4, -0.2) is 13.1 Å². The molecule has 16 heavy (non-hydrogen) atoms. The maximum atomic E-state index is 3.59. The standard InChI is InChI=1S/C14H20N2/c1-14(6-7-14)10-15-9-12-4-2-3-11-5-8-16-13(11)12/h2-4,15-16H,5-10H2,1H3. The molecule has 1 aromatic rings. The predicted molar refractivity (Wildman–Crippen MR) is 67.7 cm³/mol. The first-order chi connectivity index (χ1) is 7.77. The second-order valence-electron chi connectivity index (χ2n) is 5.54. The Morgan fingerprint density at radius 2 is 2.25 bits per heavy atom. The molecular weight excluding hydrogens is 196 g/mol. The Balaban J connectivity index is 1.63. The zero-order chi connectivity index (χ0) is 11.0. The predicted octanol–water partition coefficient (Wildman–Crippen LogP) is 2.54. The third-order valence-electron chi connectivity index (χ3n) is 3.90. The van der Waals surface area contributed by atoms with Crippen molar-refractivity contribution in [3.8, 4) is 0 Å². The van der Waals surface area contributed by atoms with Gasteiger partial charge in [-0.2, -0.15) is 0 Å². The summed E-state index contributed by atoms with van der Waals surface area (Å²) in [6.07, 6.45) is 3.97. The topological polar surface area (TPSA) is 24.1 Å². The first-order valence-electron chi connectivity index (χ1n) is 6.32. The van der Waals surface area contributed by atoms with Crippen LogP contribution in [0.3, 0.4) is 0 Å². The lowest BCUT2D eigenvalue weighted by atomic mass is 10.1. The second kappa shape index (κ2) is 3.77. The van der Waals surface area contributed by atoms with Crippen molar-refractivity contribution in [3.05, 3.63) is 29.3 Å². The summed E-state index contributed by atoms with van der Waals surface area (Å²) < 4.78 is 0. The van der Waals surface area contributed by atoms with E-state index in [1.807, 2.05) is 0 Å². The molecule has 0 unspecified atom stereocenters. The third-order valence-corrected chi connectivity index (χ3v) is 3.90. The van der Waals surface area contributed by atoms with Crippen LogP contribution in [0.25, 0.3) is 0 Å². The molecule has 2 aliphatic rings. The van der Waals surface area contributed by atoms with Gasteiger partial charge in [-0.3, -0.25) is 0 Å². The van der Waals surface area contributed by atoms with Gasteiger partial charge >= 0.3 is 0 Å². The molecule has 2 N–H and O–H groups in total. The summed E-state index contributed by atoms with van der Waals surface area (Å²) in [5.74, 6) is 0. The number of benzene rings is 1. The van der Waals surface area contributed by atoms with Crippen LogP contribution >= 0.6 is 0 Å². The Labute approximate surface area is 97.4 Å². The summed E-state index contributed by atoms with van der Waals surface area (Å²) in [6.45, 7) is 5.64. The molecule has 1 saturated carbocycles. The van der Waals surface area contributed by atoms with E-state index in [4.69, 9.17) is 0 Å². The van der Waals surface area contributed by atoms with Crippen LogP contribution in [-0.2, 0) is 13.0 Å². The summed E-state index contributed by atoms with van der Waals surface area (Å²) >= 11 is 0. The quantitative estimate of drug-likeness (QED) is 0.808. The highest BCUT2D eigenvalue weighted by Crippen LogP contribution is 2.44. The monoisotopic (exact) mass is 216 g/mol. The fourth-order valence-electron chi connectivity index (χ4n) is 2.45. The smallest absolute Gasteiger partial charge is 0.0419 e. The van der Waals surface area contributed by atoms with Gasteiger partial charge in [0, 0.05) is 25.3 Å². The number of anilines is 1. The molecule has 1 aliphatic heterocycles. The second-order valence-corrected chi connectivity index (χ2v) is 5.54. The van der Waals surface area contributed by atoms with Gasteiger partial charge in [0.1, 0.15) is 0 Å². The molecule has 1 fully saturated rings. The molecule has 2 heteroatoms. The van der Waals surface area contributed by atoms with Gasteiger partial charge < -0.3 is 10.6 Å². The molecule has 0 saturated heterocycles. The summed E-state index contributed by atoms with van der Waals surface area (Å²) in [5, 5.41) is 7.09. The molecule has 0 atom stereocenters. The van der Waals surface area contributed by atoms with Crippen molar-refractivity contribution in [1.82, 2.24) is 5.32 Å². The maximum Gasteiger partial charge on any atom is 0.0419 e. The highest BCUT2D eigenvalue weighted by atomic mass is 14.9. The van der Waals surface area contributed by atoms with Crippen LogP contribution in [0.1, 0.15) is 30.9 Å². The van der Waals surface area contributed by atoms with Crippen molar-refractivity contribution in [2.45, 2.75) is 32.7 Å². The summed E-state index contributed by atoms with van der Waals surface area (Å²) in [6, 6.07) is 6.65. The van der Waals surface area contributed by atoms with Crippen molar-refractivity contribution in [1.29, 1.82) is 0 Å². The minimum Gasteiger partial charge on any atom is -0.384 e. The van der Waals surface area contributed by atoms with Gasteiger partial charge in [-0.25, -0.2) is 0 Å². The van der Waals surface area contributed by atoms with Crippen molar-refractivity contribution < 1.29 is 0 Å². The molecule has 1 aliphatic carbocycles. The Bertz CT molecular complexity index is 394. The number of hydrogen-bond acceptors (Lipinski definition) is 2. The van der Waals surface area contributed by atoms with E-state index in [0.29, 0.717) is 5.41 Å². The van der Waals surface area contributed by atoms with Crippen molar-refractivity contribution >= 4 is 5.69 Å². The fourth-order valence-corrected chi connectivity index (χ4v) is 2.45. The minimum atomic E-state index is 0.603. The van der Waals surface area contributed by atoms with Gasteiger partial charge in [-0.1, -0.05) is 25.1 Å². The lowest BCUT2D eigenvalue weighted by molar-refractivity contribution is 0.500. The van der Waals surface area contributed by atoms with E-state index in [1.54, 1.807) is 0 Å². The largest absolute Gasteiger partial charge is 0.384 e. The van der Waals surface area contributed by atoms with Gasteiger partial charge in [0.05, 0.1) is 0 Å². The Hall–Kier alpha value is -1.02. The summed E-state index contributed by atoms with van der Waals surface area (Å²) in [4.78, 5) is 0. The molecule has 1 heterocycles. The molecule has 86 valence electrons. The SMILES string of the molecule is CC1(CNCc2cccc3c2NCC3)CC1. The minimum absolute atomic E-state index is 0.603. The van der Waals surface area contributed by atoms with Crippen molar-refractivity contribution in [3.63, 3.8) is 0 Å². The van der Waals surface area contributed by atoms with Crippen LogP contribution < -0.4 is 10.6 Å². The van der Waals surface area contributed by atoms with Crippen LogP contribution in [0.5, 0.6) is 0 Å². The van der Waals surface area contributed by atoms with E-state index < -0.39 is 0 Å². The molecular formula is C14H20N2. The van der Waals surface area contributed by atoms with Crippen LogP contribution in [0, 0.1) is 5.41 Å². The molecule has 0 aromatic heterocycles. The van der Waals surface area contributed by atoms with E-state index in [9.17, 15) is 0 Å². The van der Waals surface area contributed by atoms with E-state index in [-0.39, 0.29) is 0 Å². The average molecular weight is 216 g/mol. The molecule has 1 aromatic carbocycles. The maximum absolute atomic E-state index is 3.59. The van der Waals surface area contributed by atoms with E-state index in [0.717, 1.165) is 19.6 Å². The summed E-state index contributed by atoms with van der Waals surface area (Å²) in [7, 11) is 0. The van der Waals surface area contributed by atoms with E-state index in [2.05, 4.69) is 35.8 Å². The van der Waals surface area contributed by atoms with E-state index >= 15 is 0 Å². The number of rotatable bonds is 4. The Morgan fingerprint density at radius 3 is 3.06 bits per heavy atom. The Morgan fingerprint density at radius 1 is 1.38 bits per heavy atom. The van der Waals surface area contributed by atoms with E-state index in [1.165, 1.54) is 36.1 Å². The number of para-hydroxylation sites is 1. The zero-order valence-electron chi connectivity index (χ0n) is 9.97. The van der Waals surface area contributed by atoms with Gasteiger partial charge in [-0.15, -0.1) is 0 Å². The lowest BCUT2D eigenvalue weighted by Crippen LogP contribution is -2.21. The fraction of sp³-hybridized carbons (Fsp3) is 0.571. The summed E-state index contributed by atoms with van der Waals surface area (Å²) in [5.41, 5.74) is 4.90. The van der Waals surface area contributed by atoms with Gasteiger partial charge in [0.2, 0.25) is 0 Å². The van der Waals surface area contributed by atoms with Crippen LogP contribution in [0.2, 0.25) is 0 Å². The molecule has 0 bridgehead atoms. The van der Waals surface area contributed by atoms with Crippen molar-refractivity contribution in [2.75, 3.05) is 18.4 Å².